The monoisotopic (exact) mass is 287 g/mol. The van der Waals surface area contributed by atoms with Gasteiger partial charge in [-0.05, 0) is 25.2 Å². The molecule has 0 spiro atoms. The Balaban J connectivity index is 2.17. The van der Waals surface area contributed by atoms with Gasteiger partial charge in [-0.25, -0.2) is 18.1 Å². The number of thioether (sulfide) groups is 1. The minimum absolute atomic E-state index is 0.0133. The molecular formula is C11H17N3O2S2. The molecule has 0 bridgehead atoms. The summed E-state index contributed by atoms with van der Waals surface area (Å²) in [6, 6.07) is 2.85. The Morgan fingerprint density at radius 3 is 2.94 bits per heavy atom. The van der Waals surface area contributed by atoms with Crippen molar-refractivity contribution in [2.75, 3.05) is 12.0 Å². The molecule has 100 valence electrons. The highest BCUT2D eigenvalue weighted by molar-refractivity contribution is 7.99. The van der Waals surface area contributed by atoms with Crippen LogP contribution in [0.25, 0.3) is 0 Å². The van der Waals surface area contributed by atoms with E-state index in [0.717, 1.165) is 19.3 Å². The first kappa shape index (κ1) is 13.6. The Bertz CT molecular complexity index is 519. The molecule has 7 heteroatoms. The predicted octanol–water partition coefficient (Wildman–Crippen LogP) is 1.23. The van der Waals surface area contributed by atoms with E-state index in [2.05, 4.69) is 9.71 Å². The summed E-state index contributed by atoms with van der Waals surface area (Å²) in [5.41, 5.74) is 5.51. The average molecular weight is 287 g/mol. The number of pyridine rings is 1. The standard InChI is InChI=1S/C11H17N3O2S2/c1-17-10-4-2-3-9(10)14-18(15,16)8-5-6-13-11(12)7-8/h5-7,9-10,14H,2-4H2,1H3,(H2,12,13). The maximum atomic E-state index is 12.2. The summed E-state index contributed by atoms with van der Waals surface area (Å²) in [5, 5.41) is 0.360. The van der Waals surface area contributed by atoms with Crippen LogP contribution in [0.15, 0.2) is 23.2 Å². The van der Waals surface area contributed by atoms with E-state index in [0.29, 0.717) is 5.25 Å². The van der Waals surface area contributed by atoms with Gasteiger partial charge in [0, 0.05) is 23.6 Å². The summed E-state index contributed by atoms with van der Waals surface area (Å²) in [5.74, 6) is 0.214. The molecule has 1 aliphatic carbocycles. The van der Waals surface area contributed by atoms with Crippen molar-refractivity contribution >= 4 is 27.6 Å². The van der Waals surface area contributed by atoms with Gasteiger partial charge in [0.15, 0.2) is 0 Å². The number of anilines is 1. The lowest BCUT2D eigenvalue weighted by atomic mass is 10.3. The predicted molar refractivity (Wildman–Crippen MR) is 73.9 cm³/mol. The van der Waals surface area contributed by atoms with E-state index in [-0.39, 0.29) is 16.8 Å². The highest BCUT2D eigenvalue weighted by Crippen LogP contribution is 2.29. The number of nitrogens with zero attached hydrogens (tertiary/aromatic N) is 1. The van der Waals surface area contributed by atoms with Gasteiger partial charge in [-0.1, -0.05) is 6.42 Å². The number of aromatic nitrogens is 1. The Labute approximate surface area is 112 Å². The van der Waals surface area contributed by atoms with Gasteiger partial charge in [-0.3, -0.25) is 0 Å². The number of hydrogen-bond acceptors (Lipinski definition) is 5. The van der Waals surface area contributed by atoms with Crippen molar-refractivity contribution in [3.8, 4) is 0 Å². The fourth-order valence-corrected chi connectivity index (χ4v) is 4.56. The molecule has 0 aromatic carbocycles. The Morgan fingerprint density at radius 1 is 1.50 bits per heavy atom. The van der Waals surface area contributed by atoms with E-state index in [1.165, 1.54) is 18.3 Å². The van der Waals surface area contributed by atoms with Gasteiger partial charge in [0.05, 0.1) is 4.90 Å². The molecule has 1 saturated carbocycles. The first-order chi connectivity index (χ1) is 8.53. The Kier molecular flexibility index (Phi) is 4.14. The van der Waals surface area contributed by atoms with Gasteiger partial charge in [0.1, 0.15) is 5.82 Å². The van der Waals surface area contributed by atoms with Crippen molar-refractivity contribution in [2.45, 2.75) is 35.4 Å². The topological polar surface area (TPSA) is 85.1 Å². The van der Waals surface area contributed by atoms with Crippen molar-refractivity contribution in [1.82, 2.24) is 9.71 Å². The van der Waals surface area contributed by atoms with E-state index in [9.17, 15) is 8.42 Å². The number of nitrogens with two attached hydrogens (primary N) is 1. The fraction of sp³-hybridized carbons (Fsp3) is 0.545. The third-order valence-corrected chi connectivity index (χ3v) is 5.78. The summed E-state index contributed by atoms with van der Waals surface area (Å²) in [6.07, 6.45) is 6.45. The number of nitrogens with one attached hydrogen (secondary N) is 1. The maximum Gasteiger partial charge on any atom is 0.241 e. The molecule has 2 atom stereocenters. The van der Waals surface area contributed by atoms with Gasteiger partial charge in [-0.15, -0.1) is 0 Å². The van der Waals surface area contributed by atoms with Crippen LogP contribution in [-0.4, -0.2) is 30.9 Å². The molecule has 3 N–H and O–H groups in total. The first-order valence-electron chi connectivity index (χ1n) is 5.79. The van der Waals surface area contributed by atoms with Crippen LogP contribution in [0.2, 0.25) is 0 Å². The SMILES string of the molecule is CSC1CCCC1NS(=O)(=O)c1ccnc(N)c1. The Morgan fingerprint density at radius 2 is 2.28 bits per heavy atom. The molecule has 5 nitrogen and oxygen atoms in total. The molecule has 0 aliphatic heterocycles. The number of nitrogen functional groups attached to an aromatic ring is 1. The second-order valence-electron chi connectivity index (χ2n) is 4.35. The minimum Gasteiger partial charge on any atom is -0.384 e. The summed E-state index contributed by atoms with van der Waals surface area (Å²) < 4.78 is 27.2. The van der Waals surface area contributed by atoms with Crippen LogP contribution < -0.4 is 10.5 Å². The zero-order valence-electron chi connectivity index (χ0n) is 10.2. The Hall–Kier alpha value is -0.790. The zero-order valence-corrected chi connectivity index (χ0v) is 11.8. The van der Waals surface area contributed by atoms with E-state index < -0.39 is 10.0 Å². The van der Waals surface area contributed by atoms with Crippen LogP contribution in [0.1, 0.15) is 19.3 Å². The van der Waals surface area contributed by atoms with Gasteiger partial charge in [-0.2, -0.15) is 11.8 Å². The van der Waals surface area contributed by atoms with Crippen molar-refractivity contribution in [3.63, 3.8) is 0 Å². The molecule has 1 heterocycles. The fourth-order valence-electron chi connectivity index (χ4n) is 2.21. The lowest BCUT2D eigenvalue weighted by Crippen LogP contribution is -2.38. The smallest absolute Gasteiger partial charge is 0.241 e. The maximum absolute atomic E-state index is 12.2. The number of rotatable bonds is 4. The molecule has 2 rings (SSSR count). The molecule has 0 radical (unpaired) electrons. The second-order valence-corrected chi connectivity index (χ2v) is 7.14. The highest BCUT2D eigenvalue weighted by atomic mass is 32.2. The molecule has 2 unspecified atom stereocenters. The van der Waals surface area contributed by atoms with Crippen LogP contribution in [0.4, 0.5) is 5.82 Å². The molecule has 18 heavy (non-hydrogen) atoms. The third kappa shape index (κ3) is 2.96. The van der Waals surface area contributed by atoms with Crippen molar-refractivity contribution in [1.29, 1.82) is 0 Å². The molecule has 1 aromatic heterocycles. The van der Waals surface area contributed by atoms with E-state index in [1.807, 2.05) is 6.26 Å². The second kappa shape index (κ2) is 5.46. The van der Waals surface area contributed by atoms with Gasteiger partial charge in [0.2, 0.25) is 10.0 Å². The summed E-state index contributed by atoms with van der Waals surface area (Å²) in [4.78, 5) is 3.98. The molecule has 1 fully saturated rings. The number of hydrogen-bond donors (Lipinski definition) is 2. The normalized spacial score (nSPS) is 24.3. The van der Waals surface area contributed by atoms with Gasteiger partial charge in [0.25, 0.3) is 0 Å². The van der Waals surface area contributed by atoms with Crippen LogP contribution in [0, 0.1) is 0 Å². The minimum atomic E-state index is -3.49. The van der Waals surface area contributed by atoms with Gasteiger partial charge >= 0.3 is 0 Å². The van der Waals surface area contributed by atoms with Crippen molar-refractivity contribution in [3.05, 3.63) is 18.3 Å². The largest absolute Gasteiger partial charge is 0.384 e. The lowest BCUT2D eigenvalue weighted by Gasteiger charge is -2.19. The summed E-state index contributed by atoms with van der Waals surface area (Å²) in [6.45, 7) is 0. The van der Waals surface area contributed by atoms with Crippen LogP contribution in [-0.2, 0) is 10.0 Å². The van der Waals surface area contributed by atoms with Gasteiger partial charge < -0.3 is 5.73 Å². The average Bonchev–Trinajstić information content (AvgIpc) is 2.75. The lowest BCUT2D eigenvalue weighted by molar-refractivity contribution is 0.555. The van der Waals surface area contributed by atoms with Crippen LogP contribution in [0.3, 0.4) is 0 Å². The molecular weight excluding hydrogens is 270 g/mol. The van der Waals surface area contributed by atoms with E-state index >= 15 is 0 Å². The molecule has 1 aliphatic rings. The van der Waals surface area contributed by atoms with Crippen LogP contribution >= 0.6 is 11.8 Å². The van der Waals surface area contributed by atoms with Crippen molar-refractivity contribution < 1.29 is 8.42 Å². The number of sulfonamides is 1. The highest BCUT2D eigenvalue weighted by Gasteiger charge is 2.30. The zero-order chi connectivity index (χ0) is 13.2. The quantitative estimate of drug-likeness (QED) is 0.870. The molecule has 1 aromatic rings. The summed E-state index contributed by atoms with van der Waals surface area (Å²) in [7, 11) is -3.49. The molecule has 0 amide bonds. The molecule has 0 saturated heterocycles. The summed E-state index contributed by atoms with van der Waals surface area (Å²) >= 11 is 1.72. The van der Waals surface area contributed by atoms with E-state index in [1.54, 1.807) is 11.8 Å². The first-order valence-corrected chi connectivity index (χ1v) is 8.56. The van der Waals surface area contributed by atoms with Crippen LogP contribution in [0.5, 0.6) is 0 Å². The van der Waals surface area contributed by atoms with Crippen molar-refractivity contribution in [2.24, 2.45) is 0 Å². The van der Waals surface area contributed by atoms with E-state index in [4.69, 9.17) is 5.73 Å². The third-order valence-electron chi connectivity index (χ3n) is 3.12.